The Morgan fingerprint density at radius 3 is 0.843 bits per heavy atom. The Morgan fingerprint density at radius 1 is 0.373 bits per heavy atom. The number of hydrogen-bond donors (Lipinski definition) is 2. The summed E-state index contributed by atoms with van der Waals surface area (Å²) in [5.41, 5.74) is 0. The fraction of sp³-hybridized carbons (Fsp3) is 0.955. The van der Waals surface area contributed by atoms with Crippen LogP contribution in [0.3, 0.4) is 0 Å². The van der Waals surface area contributed by atoms with Gasteiger partial charge in [-0.05, 0) is 12.8 Å². The Labute approximate surface area is 317 Å². The third-order valence-electron chi connectivity index (χ3n) is 10.8. The maximum atomic E-state index is 12.4. The highest BCUT2D eigenvalue weighted by Gasteiger charge is 2.27. The normalized spacial score (nSPS) is 11.7. The Balaban J connectivity index is 3.89. The Kier molecular flexibility index (Phi) is 39.1. The minimum absolute atomic E-state index is 0.0415. The molecule has 0 heterocycles. The molecule has 0 saturated heterocycles. The Morgan fingerprint density at radius 2 is 0.608 bits per heavy atom. The summed E-state index contributed by atoms with van der Waals surface area (Å²) in [5.74, 6) is -0.351. The first-order valence-corrected chi connectivity index (χ1v) is 22.4. The number of quaternary nitrogens is 1. The van der Waals surface area contributed by atoms with E-state index in [4.69, 9.17) is 9.47 Å². The number of aliphatic hydroxyl groups is 2. The van der Waals surface area contributed by atoms with E-state index in [2.05, 4.69) is 13.8 Å². The summed E-state index contributed by atoms with van der Waals surface area (Å²) in [4.78, 5) is 24.7. The lowest BCUT2D eigenvalue weighted by molar-refractivity contribution is -0.928. The molecule has 304 valence electrons. The number of unbranched alkanes of at least 4 members (excludes halogenated alkanes) is 28. The highest BCUT2D eigenvalue weighted by Crippen LogP contribution is 2.16. The Bertz CT molecular complexity index is 672. The molecule has 0 fully saturated rings. The van der Waals surface area contributed by atoms with E-state index in [1.165, 1.54) is 167 Å². The molecule has 0 aromatic rings. The van der Waals surface area contributed by atoms with Crippen LogP contribution in [0.5, 0.6) is 0 Å². The molecule has 0 saturated carbocycles. The fourth-order valence-corrected chi connectivity index (χ4v) is 7.23. The second-order valence-electron chi connectivity index (χ2n) is 15.5. The molecule has 0 bridgehead atoms. The molecule has 0 unspecified atom stereocenters. The van der Waals surface area contributed by atoms with Crippen LogP contribution < -0.4 is 0 Å². The topological polar surface area (TPSA) is 93.1 Å². The van der Waals surface area contributed by atoms with Crippen LogP contribution in [0.15, 0.2) is 0 Å². The molecule has 0 aliphatic heterocycles. The molecule has 0 aromatic heterocycles. The molecule has 0 aliphatic rings. The van der Waals surface area contributed by atoms with Crippen LogP contribution >= 0.6 is 0 Å². The number of nitrogens with zero attached hydrogens (tertiary/aromatic N) is 1. The lowest BCUT2D eigenvalue weighted by Crippen LogP contribution is -2.55. The van der Waals surface area contributed by atoms with Gasteiger partial charge in [0.2, 0.25) is 0 Å². The van der Waals surface area contributed by atoms with Gasteiger partial charge >= 0.3 is 11.9 Å². The maximum absolute atomic E-state index is 12.4. The molecule has 7 heteroatoms. The first kappa shape index (κ1) is 49.8. The maximum Gasteiger partial charge on any atom is 0.305 e. The zero-order valence-electron chi connectivity index (χ0n) is 34.3. The quantitative estimate of drug-likeness (QED) is 0.0369. The fourth-order valence-electron chi connectivity index (χ4n) is 7.23. The molecular weight excluding hydrogens is 638 g/mol. The van der Waals surface area contributed by atoms with E-state index in [-0.39, 0.29) is 38.4 Å². The van der Waals surface area contributed by atoms with E-state index in [1.807, 2.05) is 0 Å². The number of carbonyl (C=O) groups excluding carboxylic acids is 2. The van der Waals surface area contributed by atoms with Gasteiger partial charge in [-0.3, -0.25) is 9.59 Å². The molecule has 51 heavy (non-hydrogen) atoms. The van der Waals surface area contributed by atoms with Crippen LogP contribution in [0, 0.1) is 0 Å². The molecule has 0 aromatic carbocycles. The van der Waals surface area contributed by atoms with E-state index in [9.17, 15) is 19.8 Å². The summed E-state index contributed by atoms with van der Waals surface area (Å²) < 4.78 is 11.5. The van der Waals surface area contributed by atoms with Gasteiger partial charge in [0.15, 0.2) is 0 Å². The van der Waals surface area contributed by atoms with Crippen molar-refractivity contribution in [3.63, 3.8) is 0 Å². The van der Waals surface area contributed by atoms with Crippen LogP contribution in [0.25, 0.3) is 0 Å². The zero-order valence-corrected chi connectivity index (χ0v) is 34.3. The van der Waals surface area contributed by atoms with Crippen LogP contribution in [0.2, 0.25) is 0 Å². The van der Waals surface area contributed by atoms with Crippen molar-refractivity contribution in [2.75, 3.05) is 52.6 Å². The van der Waals surface area contributed by atoms with E-state index in [1.54, 1.807) is 0 Å². The average Bonchev–Trinajstić information content (AvgIpc) is 3.11. The highest BCUT2D eigenvalue weighted by atomic mass is 16.5. The van der Waals surface area contributed by atoms with Gasteiger partial charge in [-0.1, -0.05) is 194 Å². The average molecular weight is 727 g/mol. The van der Waals surface area contributed by atoms with Crippen molar-refractivity contribution in [1.82, 2.24) is 0 Å². The first-order valence-electron chi connectivity index (χ1n) is 22.4. The molecule has 0 amide bonds. The van der Waals surface area contributed by atoms with Gasteiger partial charge in [0.25, 0.3) is 0 Å². The number of ether oxygens (including phenoxy) is 2. The van der Waals surface area contributed by atoms with Crippen LogP contribution in [-0.4, -0.2) is 79.2 Å². The van der Waals surface area contributed by atoms with Crippen molar-refractivity contribution in [2.24, 2.45) is 0 Å². The number of esters is 2. The lowest BCUT2D eigenvalue weighted by atomic mass is 10.0. The molecule has 0 rings (SSSR count). The third kappa shape index (κ3) is 35.6. The third-order valence-corrected chi connectivity index (χ3v) is 10.8. The van der Waals surface area contributed by atoms with Gasteiger partial charge in [-0.25, -0.2) is 0 Å². The van der Waals surface area contributed by atoms with Crippen molar-refractivity contribution in [3.8, 4) is 0 Å². The summed E-state index contributed by atoms with van der Waals surface area (Å²) in [6, 6.07) is 0. The van der Waals surface area contributed by atoms with Gasteiger partial charge in [-0.15, -0.1) is 0 Å². The number of aliphatic hydroxyl groups excluding tert-OH is 2. The van der Waals surface area contributed by atoms with Gasteiger partial charge in [0, 0.05) is 12.8 Å². The summed E-state index contributed by atoms with van der Waals surface area (Å²) in [5, 5.41) is 19.5. The summed E-state index contributed by atoms with van der Waals surface area (Å²) in [6.07, 6.45) is 39.7. The molecule has 7 nitrogen and oxygen atoms in total. The van der Waals surface area contributed by atoms with Crippen molar-refractivity contribution in [2.45, 2.75) is 219 Å². The lowest BCUT2D eigenvalue weighted by Gasteiger charge is -2.37. The number of rotatable bonds is 42. The minimum Gasteiger partial charge on any atom is -0.460 e. The zero-order chi connectivity index (χ0) is 37.4. The van der Waals surface area contributed by atoms with Gasteiger partial charge in [0.05, 0.1) is 13.2 Å². The Hall–Kier alpha value is -1.18. The summed E-state index contributed by atoms with van der Waals surface area (Å²) in [7, 11) is 0. The van der Waals surface area contributed by atoms with Gasteiger partial charge in [0.1, 0.15) is 39.4 Å². The van der Waals surface area contributed by atoms with Crippen molar-refractivity contribution >= 4 is 11.9 Å². The second kappa shape index (κ2) is 40.0. The van der Waals surface area contributed by atoms with Crippen molar-refractivity contribution in [1.29, 1.82) is 0 Å². The first-order chi connectivity index (χ1) is 25.0. The van der Waals surface area contributed by atoms with Gasteiger partial charge < -0.3 is 24.2 Å². The van der Waals surface area contributed by atoms with Crippen molar-refractivity contribution in [3.05, 3.63) is 0 Å². The number of hydrogen-bond acceptors (Lipinski definition) is 6. The summed E-state index contributed by atoms with van der Waals surface area (Å²) >= 11 is 0. The molecule has 2 N–H and O–H groups in total. The minimum atomic E-state index is -0.175. The largest absolute Gasteiger partial charge is 0.460 e. The van der Waals surface area contributed by atoms with E-state index >= 15 is 0 Å². The molecule has 0 radical (unpaired) electrons. The van der Waals surface area contributed by atoms with E-state index < -0.39 is 0 Å². The van der Waals surface area contributed by atoms with Crippen molar-refractivity contribution < 1.29 is 33.8 Å². The molecule has 0 aliphatic carbocycles. The number of carbonyl (C=O) groups is 2. The van der Waals surface area contributed by atoms with Crippen LogP contribution in [0.4, 0.5) is 0 Å². The monoisotopic (exact) mass is 727 g/mol. The smallest absolute Gasteiger partial charge is 0.305 e. The molecular formula is C44H88NO6+. The summed E-state index contributed by atoms with van der Waals surface area (Å²) in [6.45, 7) is 6.77. The molecule has 0 spiro atoms. The van der Waals surface area contributed by atoms with E-state index in [0.29, 0.717) is 43.5 Å². The second-order valence-corrected chi connectivity index (χ2v) is 15.5. The predicted octanol–water partition coefficient (Wildman–Crippen LogP) is 11.4. The van der Waals surface area contributed by atoms with Crippen LogP contribution in [-0.2, 0) is 19.1 Å². The standard InChI is InChI=1S/C44H88NO6/c1-3-5-7-9-11-13-15-17-19-21-23-25-27-29-31-33-43(48)50-41-37-45(35-39-46,36-40-47)38-42-51-44(49)34-32-30-28-26-24-22-20-18-16-14-12-10-8-6-4-2/h46-47H,3-42H2,1-2H3/q+1. The van der Waals surface area contributed by atoms with Crippen LogP contribution in [0.1, 0.15) is 219 Å². The SMILES string of the molecule is CCCCCCCCCCCCCCCCCC(=O)OCC[N+](CCO)(CCO)CCOC(=O)CCCCCCCCCCCCCCCCC. The molecule has 0 atom stereocenters. The van der Waals surface area contributed by atoms with Gasteiger partial charge in [-0.2, -0.15) is 0 Å². The predicted molar refractivity (Wildman–Crippen MR) is 215 cm³/mol. The van der Waals surface area contributed by atoms with E-state index in [0.717, 1.165) is 25.7 Å². The highest BCUT2D eigenvalue weighted by molar-refractivity contribution is 5.69.